The van der Waals surface area contributed by atoms with Crippen LogP contribution in [0.4, 0.5) is 0 Å². The summed E-state index contributed by atoms with van der Waals surface area (Å²) >= 11 is 0. The summed E-state index contributed by atoms with van der Waals surface area (Å²) in [4.78, 5) is 66.4. The lowest BCUT2D eigenvalue weighted by molar-refractivity contribution is -0.135. The zero-order valence-electron chi connectivity index (χ0n) is 30.7. The Labute approximate surface area is 309 Å². The van der Waals surface area contributed by atoms with Gasteiger partial charge in [-0.15, -0.1) is 0 Å². The molecule has 5 amide bonds. The molecule has 3 aromatic carbocycles. The Morgan fingerprint density at radius 1 is 0.717 bits per heavy atom. The number of rotatable bonds is 18. The molecule has 0 saturated heterocycles. The average molecular weight is 733 g/mol. The Morgan fingerprint density at radius 2 is 1.34 bits per heavy atom. The molecular formula is C39H52N6O8. The molecule has 53 heavy (non-hydrogen) atoms. The van der Waals surface area contributed by atoms with E-state index in [-0.39, 0.29) is 42.4 Å². The van der Waals surface area contributed by atoms with Crippen LogP contribution in [0.1, 0.15) is 68.6 Å². The lowest BCUT2D eigenvalue weighted by atomic mass is 9.97. The molecule has 3 rings (SSSR count). The van der Waals surface area contributed by atoms with E-state index in [0.717, 1.165) is 23.3 Å². The monoisotopic (exact) mass is 732 g/mol. The highest BCUT2D eigenvalue weighted by atomic mass is 16.3. The highest BCUT2D eigenvalue weighted by Crippen LogP contribution is 2.22. The highest BCUT2D eigenvalue weighted by Gasteiger charge is 2.34. The van der Waals surface area contributed by atoms with Gasteiger partial charge in [-0.05, 0) is 60.9 Å². The van der Waals surface area contributed by atoms with Crippen LogP contribution in [0.5, 0.6) is 11.5 Å². The highest BCUT2D eigenvalue weighted by molar-refractivity contribution is 5.98. The summed E-state index contributed by atoms with van der Waals surface area (Å²) in [5.74, 6) is -4.63. The van der Waals surface area contributed by atoms with Crippen molar-refractivity contribution in [3.8, 4) is 11.5 Å². The van der Waals surface area contributed by atoms with Crippen molar-refractivity contribution in [2.24, 2.45) is 17.6 Å². The molecule has 0 saturated carbocycles. The Morgan fingerprint density at radius 3 is 1.94 bits per heavy atom. The smallest absolute Gasteiger partial charge is 0.255 e. The number of amides is 5. The van der Waals surface area contributed by atoms with Crippen LogP contribution in [0.15, 0.2) is 78.9 Å². The van der Waals surface area contributed by atoms with Gasteiger partial charge in [0.1, 0.15) is 29.6 Å². The summed E-state index contributed by atoms with van der Waals surface area (Å²) in [6, 6.07) is 16.7. The standard InChI is InChI=1S/C39H52N6O8/c1-22(2)18-31(44-38(52)33(23(3)4)45-36(50)29(40)21-41-35(49)28-20-27(46)16-17-32(28)47)37(51)43-30(19-25-12-8-6-9-13-25)34(48)39(53)42-24(5)26-14-10-7-11-15-26/h6-17,20,22-24,29-31,33-34,46-48H,18-19,21,40H2,1-5H3,(H,41,49)(H,42,53)(H,43,51)(H,44,52)(H,45,50)/t24-,29-,30-,31-,33-,34+/m0/s1. The van der Waals surface area contributed by atoms with Gasteiger partial charge in [0.15, 0.2) is 6.10 Å². The van der Waals surface area contributed by atoms with Crippen molar-refractivity contribution in [1.29, 1.82) is 0 Å². The van der Waals surface area contributed by atoms with Gasteiger partial charge in [0.05, 0.1) is 17.6 Å². The van der Waals surface area contributed by atoms with E-state index in [0.29, 0.717) is 0 Å². The van der Waals surface area contributed by atoms with Gasteiger partial charge in [-0.2, -0.15) is 0 Å². The topological polar surface area (TPSA) is 232 Å². The number of carbonyl (C=O) groups is 5. The first-order chi connectivity index (χ1) is 25.1. The SMILES string of the molecule is CC(C)C[C@H](NC(=O)[C@@H](NC(=O)[C@@H](N)CNC(=O)c1cc(O)ccc1O)C(C)C)C(=O)N[C@@H](Cc1ccccc1)[C@@H](O)C(=O)N[C@@H](C)c1ccccc1. The van der Waals surface area contributed by atoms with Gasteiger partial charge in [0.25, 0.3) is 11.8 Å². The molecule has 0 aliphatic heterocycles. The molecule has 0 radical (unpaired) electrons. The van der Waals surface area contributed by atoms with Crippen LogP contribution >= 0.6 is 0 Å². The summed E-state index contributed by atoms with van der Waals surface area (Å²) in [7, 11) is 0. The largest absolute Gasteiger partial charge is 0.508 e. The minimum absolute atomic E-state index is 0.0614. The first kappa shape index (κ1) is 41.9. The maximum Gasteiger partial charge on any atom is 0.255 e. The fourth-order valence-electron chi connectivity index (χ4n) is 5.56. The number of phenols is 2. The van der Waals surface area contributed by atoms with E-state index >= 15 is 0 Å². The van der Waals surface area contributed by atoms with Crippen LogP contribution in [-0.4, -0.2) is 81.7 Å². The van der Waals surface area contributed by atoms with E-state index < -0.39 is 71.8 Å². The summed E-state index contributed by atoms with van der Waals surface area (Å²) < 4.78 is 0. The fraction of sp³-hybridized carbons (Fsp3) is 0.410. The van der Waals surface area contributed by atoms with E-state index in [9.17, 15) is 39.3 Å². The second-order valence-corrected chi connectivity index (χ2v) is 13.8. The van der Waals surface area contributed by atoms with Crippen molar-refractivity contribution in [1.82, 2.24) is 26.6 Å². The number of aliphatic hydroxyl groups excluding tert-OH is 1. The second-order valence-electron chi connectivity index (χ2n) is 13.8. The third-order valence-corrected chi connectivity index (χ3v) is 8.57. The second kappa shape index (κ2) is 20.0. The van der Waals surface area contributed by atoms with Crippen LogP contribution in [0, 0.1) is 11.8 Å². The fourth-order valence-corrected chi connectivity index (χ4v) is 5.56. The van der Waals surface area contributed by atoms with Gasteiger partial charge in [0.2, 0.25) is 17.7 Å². The molecule has 0 aromatic heterocycles. The molecular weight excluding hydrogens is 680 g/mol. The molecule has 0 aliphatic carbocycles. The summed E-state index contributed by atoms with van der Waals surface area (Å²) in [5.41, 5.74) is 7.40. The van der Waals surface area contributed by atoms with Gasteiger partial charge in [-0.25, -0.2) is 0 Å². The number of carbonyl (C=O) groups excluding carboxylic acids is 5. The first-order valence-corrected chi connectivity index (χ1v) is 17.6. The molecule has 0 bridgehead atoms. The van der Waals surface area contributed by atoms with Crippen molar-refractivity contribution < 1.29 is 39.3 Å². The number of phenolic OH excluding ortho intramolecular Hbond substituents is 2. The van der Waals surface area contributed by atoms with Crippen molar-refractivity contribution >= 4 is 29.5 Å². The Bertz CT molecular complexity index is 1690. The quantitative estimate of drug-likeness (QED) is 0.0867. The Balaban J connectivity index is 1.72. The van der Waals surface area contributed by atoms with Crippen LogP contribution < -0.4 is 32.3 Å². The molecule has 286 valence electrons. The summed E-state index contributed by atoms with van der Waals surface area (Å²) in [6.07, 6.45) is -1.32. The Hall–Kier alpha value is -5.47. The maximum absolute atomic E-state index is 13.9. The zero-order valence-corrected chi connectivity index (χ0v) is 30.7. The van der Waals surface area contributed by atoms with Crippen LogP contribution in [0.2, 0.25) is 0 Å². The van der Waals surface area contributed by atoms with E-state index in [1.165, 1.54) is 6.07 Å². The lowest BCUT2D eigenvalue weighted by Crippen LogP contribution is -2.60. The van der Waals surface area contributed by atoms with E-state index in [1.54, 1.807) is 32.9 Å². The number of aliphatic hydroxyl groups is 1. The predicted molar refractivity (Wildman–Crippen MR) is 199 cm³/mol. The van der Waals surface area contributed by atoms with Gasteiger partial charge in [-0.3, -0.25) is 24.0 Å². The minimum Gasteiger partial charge on any atom is -0.508 e. The normalized spacial score (nSPS) is 14.6. The first-order valence-electron chi connectivity index (χ1n) is 17.6. The average Bonchev–Trinajstić information content (AvgIpc) is 3.12. The van der Waals surface area contributed by atoms with Gasteiger partial charge in [0, 0.05) is 6.54 Å². The Kier molecular flexibility index (Phi) is 15.8. The van der Waals surface area contributed by atoms with Gasteiger partial charge >= 0.3 is 0 Å². The molecule has 0 fully saturated rings. The number of nitrogens with one attached hydrogen (secondary N) is 5. The number of nitrogens with two attached hydrogens (primary N) is 1. The van der Waals surface area contributed by atoms with Gasteiger partial charge < -0.3 is 47.6 Å². The molecule has 0 heterocycles. The molecule has 0 aliphatic rings. The van der Waals surface area contributed by atoms with Crippen LogP contribution in [-0.2, 0) is 25.6 Å². The minimum atomic E-state index is -1.64. The summed E-state index contributed by atoms with van der Waals surface area (Å²) in [6.45, 7) is 8.56. The molecule has 14 heteroatoms. The lowest BCUT2D eigenvalue weighted by Gasteiger charge is -2.30. The van der Waals surface area contributed by atoms with Crippen LogP contribution in [0.25, 0.3) is 0 Å². The third-order valence-electron chi connectivity index (χ3n) is 8.57. The van der Waals surface area contributed by atoms with Crippen molar-refractivity contribution in [2.75, 3.05) is 6.54 Å². The van der Waals surface area contributed by atoms with Gasteiger partial charge in [-0.1, -0.05) is 88.4 Å². The van der Waals surface area contributed by atoms with E-state index in [1.807, 2.05) is 62.4 Å². The van der Waals surface area contributed by atoms with Crippen molar-refractivity contribution in [3.05, 3.63) is 95.6 Å². The van der Waals surface area contributed by atoms with E-state index in [2.05, 4.69) is 26.6 Å². The molecule has 6 atom stereocenters. The predicted octanol–water partition coefficient (Wildman–Crippen LogP) is 1.79. The number of benzene rings is 3. The zero-order chi connectivity index (χ0) is 39.2. The molecule has 0 spiro atoms. The molecule has 3 aromatic rings. The third kappa shape index (κ3) is 12.9. The summed E-state index contributed by atoms with van der Waals surface area (Å²) in [5, 5.41) is 44.2. The number of hydrogen-bond donors (Lipinski definition) is 9. The number of aromatic hydroxyl groups is 2. The van der Waals surface area contributed by atoms with Crippen molar-refractivity contribution in [2.45, 2.75) is 83.8 Å². The molecule has 0 unspecified atom stereocenters. The van der Waals surface area contributed by atoms with Crippen LogP contribution in [0.3, 0.4) is 0 Å². The maximum atomic E-state index is 13.9. The number of hydrogen-bond acceptors (Lipinski definition) is 9. The van der Waals surface area contributed by atoms with E-state index in [4.69, 9.17) is 5.73 Å². The molecule has 14 nitrogen and oxygen atoms in total. The van der Waals surface area contributed by atoms with Crippen molar-refractivity contribution in [3.63, 3.8) is 0 Å². The molecule has 10 N–H and O–H groups in total.